The maximum atomic E-state index is 12.7. The van der Waals surface area contributed by atoms with Gasteiger partial charge in [-0.05, 0) is 36.3 Å². The van der Waals surface area contributed by atoms with Gasteiger partial charge in [0, 0.05) is 18.7 Å². The fraction of sp³-hybridized carbons (Fsp3) is 0.409. The Labute approximate surface area is 166 Å². The molecular weight excluding hydrogens is 356 g/mol. The molecule has 0 saturated carbocycles. The van der Waals surface area contributed by atoms with Crippen LogP contribution in [0, 0.1) is 0 Å². The molecule has 0 fully saturated rings. The predicted molar refractivity (Wildman–Crippen MR) is 108 cm³/mol. The van der Waals surface area contributed by atoms with Gasteiger partial charge in [-0.15, -0.1) is 0 Å². The van der Waals surface area contributed by atoms with Gasteiger partial charge in [0.25, 0.3) is 5.91 Å². The highest BCUT2D eigenvalue weighted by Gasteiger charge is 2.21. The zero-order valence-corrected chi connectivity index (χ0v) is 16.8. The van der Waals surface area contributed by atoms with E-state index < -0.39 is 0 Å². The van der Waals surface area contributed by atoms with Gasteiger partial charge in [0.15, 0.2) is 11.5 Å². The molecule has 0 unspecified atom stereocenters. The van der Waals surface area contributed by atoms with Crippen molar-refractivity contribution in [2.45, 2.75) is 26.9 Å². The van der Waals surface area contributed by atoms with E-state index in [0.29, 0.717) is 42.6 Å². The van der Waals surface area contributed by atoms with Crippen molar-refractivity contribution in [3.63, 3.8) is 0 Å². The quantitative estimate of drug-likeness (QED) is 0.757. The number of carbonyl (C=O) groups is 1. The predicted octanol–water partition coefficient (Wildman–Crippen LogP) is 3.24. The number of nitrogens with zero attached hydrogens (tertiary/aromatic N) is 1. The second-order valence-electron chi connectivity index (χ2n) is 6.62. The standard InChI is InChI=1S/C22H28N2O4/c1-4-24(5-2)15-17-9-7-6-8-16(17)14-23-22(25)18-12-19(26-3)21-20(13-18)27-10-11-28-21/h6-9,12-13H,4-5,10-11,14-15H2,1-3H3,(H,23,25). The van der Waals surface area contributed by atoms with Crippen LogP contribution in [0.2, 0.25) is 0 Å². The number of hydrogen-bond donors (Lipinski definition) is 1. The number of fused-ring (bicyclic) bond motifs is 1. The van der Waals surface area contributed by atoms with E-state index in [1.807, 2.05) is 12.1 Å². The minimum absolute atomic E-state index is 0.173. The lowest BCUT2D eigenvalue weighted by atomic mass is 10.1. The summed E-state index contributed by atoms with van der Waals surface area (Å²) in [7, 11) is 1.55. The van der Waals surface area contributed by atoms with Crippen LogP contribution in [0.5, 0.6) is 17.2 Å². The fourth-order valence-electron chi connectivity index (χ4n) is 3.25. The Balaban J connectivity index is 1.73. The van der Waals surface area contributed by atoms with Crippen molar-refractivity contribution in [1.82, 2.24) is 10.2 Å². The van der Waals surface area contributed by atoms with Crippen LogP contribution in [0.1, 0.15) is 35.3 Å². The molecule has 1 aliphatic heterocycles. The van der Waals surface area contributed by atoms with Gasteiger partial charge in [0.05, 0.1) is 7.11 Å². The lowest BCUT2D eigenvalue weighted by Gasteiger charge is -2.21. The first kappa shape index (κ1) is 20.0. The molecule has 28 heavy (non-hydrogen) atoms. The third kappa shape index (κ3) is 4.57. The van der Waals surface area contributed by atoms with Crippen LogP contribution in [0.3, 0.4) is 0 Å². The van der Waals surface area contributed by atoms with Crippen molar-refractivity contribution in [2.75, 3.05) is 33.4 Å². The molecule has 1 heterocycles. The molecule has 6 heteroatoms. The number of amides is 1. The summed E-state index contributed by atoms with van der Waals surface area (Å²) in [5.74, 6) is 1.42. The van der Waals surface area contributed by atoms with Crippen LogP contribution in [0.4, 0.5) is 0 Å². The Morgan fingerprint density at radius 2 is 1.82 bits per heavy atom. The van der Waals surface area contributed by atoms with Crippen LogP contribution in [-0.4, -0.2) is 44.2 Å². The molecule has 1 N–H and O–H groups in total. The van der Waals surface area contributed by atoms with Gasteiger partial charge in [0.1, 0.15) is 13.2 Å². The van der Waals surface area contributed by atoms with E-state index in [4.69, 9.17) is 14.2 Å². The fourth-order valence-corrected chi connectivity index (χ4v) is 3.25. The molecule has 2 aromatic rings. The largest absolute Gasteiger partial charge is 0.493 e. The number of methoxy groups -OCH3 is 1. The highest BCUT2D eigenvalue weighted by molar-refractivity contribution is 5.95. The maximum absolute atomic E-state index is 12.7. The minimum Gasteiger partial charge on any atom is -0.493 e. The molecule has 3 rings (SSSR count). The Hall–Kier alpha value is -2.73. The first-order valence-corrected chi connectivity index (χ1v) is 9.71. The van der Waals surface area contributed by atoms with Gasteiger partial charge in [0.2, 0.25) is 5.75 Å². The molecule has 0 aromatic heterocycles. The zero-order chi connectivity index (χ0) is 19.9. The van der Waals surface area contributed by atoms with Crippen molar-refractivity contribution >= 4 is 5.91 Å². The zero-order valence-electron chi connectivity index (χ0n) is 16.8. The van der Waals surface area contributed by atoms with Crippen molar-refractivity contribution < 1.29 is 19.0 Å². The van der Waals surface area contributed by atoms with Crippen LogP contribution in [0.15, 0.2) is 36.4 Å². The summed E-state index contributed by atoms with van der Waals surface area (Å²) >= 11 is 0. The maximum Gasteiger partial charge on any atom is 0.251 e. The van der Waals surface area contributed by atoms with E-state index >= 15 is 0 Å². The van der Waals surface area contributed by atoms with Gasteiger partial charge in [-0.2, -0.15) is 0 Å². The van der Waals surface area contributed by atoms with Gasteiger partial charge in [-0.1, -0.05) is 38.1 Å². The van der Waals surface area contributed by atoms with E-state index in [0.717, 1.165) is 25.2 Å². The van der Waals surface area contributed by atoms with E-state index in [-0.39, 0.29) is 5.91 Å². The number of carbonyl (C=O) groups excluding carboxylic acids is 1. The monoisotopic (exact) mass is 384 g/mol. The third-order valence-electron chi connectivity index (χ3n) is 4.94. The molecule has 0 radical (unpaired) electrons. The summed E-state index contributed by atoms with van der Waals surface area (Å²) in [4.78, 5) is 15.1. The number of rotatable bonds is 8. The Morgan fingerprint density at radius 3 is 2.54 bits per heavy atom. The molecule has 2 aromatic carbocycles. The lowest BCUT2D eigenvalue weighted by Crippen LogP contribution is -2.26. The van der Waals surface area contributed by atoms with Crippen molar-refractivity contribution in [1.29, 1.82) is 0 Å². The summed E-state index contributed by atoms with van der Waals surface area (Å²) < 4.78 is 16.6. The summed E-state index contributed by atoms with van der Waals surface area (Å²) in [6, 6.07) is 11.6. The van der Waals surface area contributed by atoms with Crippen molar-refractivity contribution in [3.8, 4) is 17.2 Å². The smallest absolute Gasteiger partial charge is 0.251 e. The average molecular weight is 384 g/mol. The van der Waals surface area contributed by atoms with Gasteiger partial charge in [-0.3, -0.25) is 9.69 Å². The van der Waals surface area contributed by atoms with Gasteiger partial charge < -0.3 is 19.5 Å². The molecular formula is C22H28N2O4. The molecule has 0 spiro atoms. The van der Waals surface area contributed by atoms with Crippen LogP contribution < -0.4 is 19.5 Å². The SMILES string of the molecule is CCN(CC)Cc1ccccc1CNC(=O)c1cc(OC)c2c(c1)OCCO2. The van der Waals surface area contributed by atoms with Crippen molar-refractivity contribution in [2.24, 2.45) is 0 Å². The summed E-state index contributed by atoms with van der Waals surface area (Å²) in [5.41, 5.74) is 2.83. The van der Waals surface area contributed by atoms with E-state index in [2.05, 4.69) is 36.2 Å². The average Bonchev–Trinajstić information content (AvgIpc) is 2.75. The molecule has 0 saturated heterocycles. The second-order valence-corrected chi connectivity index (χ2v) is 6.62. The lowest BCUT2D eigenvalue weighted by molar-refractivity contribution is 0.0948. The van der Waals surface area contributed by atoms with E-state index in [1.54, 1.807) is 19.2 Å². The Kier molecular flexibility index (Phi) is 6.76. The summed E-state index contributed by atoms with van der Waals surface area (Å²) in [6.45, 7) is 8.57. The van der Waals surface area contributed by atoms with Crippen LogP contribution in [0.25, 0.3) is 0 Å². The number of ether oxygens (including phenoxy) is 3. The normalized spacial score (nSPS) is 12.7. The number of benzene rings is 2. The first-order valence-electron chi connectivity index (χ1n) is 9.71. The van der Waals surface area contributed by atoms with Gasteiger partial charge in [-0.25, -0.2) is 0 Å². The van der Waals surface area contributed by atoms with E-state index in [1.165, 1.54) is 5.56 Å². The molecule has 0 bridgehead atoms. The third-order valence-corrected chi connectivity index (χ3v) is 4.94. The molecule has 1 amide bonds. The summed E-state index contributed by atoms with van der Waals surface area (Å²) in [5, 5.41) is 3.01. The van der Waals surface area contributed by atoms with Gasteiger partial charge >= 0.3 is 0 Å². The van der Waals surface area contributed by atoms with Crippen LogP contribution in [-0.2, 0) is 13.1 Å². The molecule has 150 valence electrons. The molecule has 6 nitrogen and oxygen atoms in total. The topological polar surface area (TPSA) is 60.0 Å². The first-order chi connectivity index (χ1) is 13.7. The van der Waals surface area contributed by atoms with E-state index in [9.17, 15) is 4.79 Å². The highest BCUT2D eigenvalue weighted by Crippen LogP contribution is 2.40. The second kappa shape index (κ2) is 9.46. The number of nitrogens with one attached hydrogen (secondary N) is 1. The minimum atomic E-state index is -0.173. The Morgan fingerprint density at radius 1 is 1.11 bits per heavy atom. The summed E-state index contributed by atoms with van der Waals surface area (Å²) in [6.07, 6.45) is 0. The number of hydrogen-bond acceptors (Lipinski definition) is 5. The molecule has 1 aliphatic rings. The molecule has 0 atom stereocenters. The molecule has 0 aliphatic carbocycles. The Bertz CT molecular complexity index is 801. The van der Waals surface area contributed by atoms with Crippen molar-refractivity contribution in [3.05, 3.63) is 53.1 Å². The van der Waals surface area contributed by atoms with Crippen LogP contribution >= 0.6 is 0 Å². The highest BCUT2D eigenvalue weighted by atomic mass is 16.6.